The van der Waals surface area contributed by atoms with Crippen LogP contribution in [0, 0.1) is 0 Å². The van der Waals surface area contributed by atoms with Crippen molar-refractivity contribution < 1.29 is 14.0 Å². The summed E-state index contributed by atoms with van der Waals surface area (Å²) >= 11 is 0. The Bertz CT molecular complexity index is 1020. The van der Waals surface area contributed by atoms with Crippen LogP contribution in [-0.4, -0.2) is 30.3 Å². The van der Waals surface area contributed by atoms with Crippen LogP contribution < -0.4 is 4.90 Å². The number of aryl methyl sites for hydroxylation is 1. The molecule has 1 aliphatic rings. The molecule has 2 heterocycles. The van der Waals surface area contributed by atoms with Crippen LogP contribution in [0.25, 0.3) is 11.0 Å². The Hall–Kier alpha value is -3.08. The van der Waals surface area contributed by atoms with Gasteiger partial charge in [-0.05, 0) is 36.8 Å². The molecule has 2 amide bonds. The summed E-state index contributed by atoms with van der Waals surface area (Å²) in [5.41, 5.74) is 3.39. The molecular formula is C23H24N2O3. The third kappa shape index (κ3) is 3.28. The number of fused-ring (bicyclic) bond motifs is 1. The van der Waals surface area contributed by atoms with Crippen LogP contribution in [0.5, 0.6) is 0 Å². The van der Waals surface area contributed by atoms with Crippen LogP contribution in [-0.2, 0) is 17.8 Å². The summed E-state index contributed by atoms with van der Waals surface area (Å²) in [6.07, 6.45) is 2.27. The zero-order chi connectivity index (χ0) is 19.7. The van der Waals surface area contributed by atoms with Gasteiger partial charge < -0.3 is 14.2 Å². The second-order valence-corrected chi connectivity index (χ2v) is 7.21. The molecule has 144 valence electrons. The van der Waals surface area contributed by atoms with Crippen molar-refractivity contribution in [3.05, 3.63) is 65.4 Å². The predicted molar refractivity (Wildman–Crippen MR) is 109 cm³/mol. The van der Waals surface area contributed by atoms with E-state index in [2.05, 4.69) is 6.92 Å². The molecule has 0 bridgehead atoms. The zero-order valence-electron chi connectivity index (χ0n) is 16.3. The van der Waals surface area contributed by atoms with Gasteiger partial charge in [0.1, 0.15) is 11.3 Å². The highest BCUT2D eigenvalue weighted by atomic mass is 16.3. The minimum absolute atomic E-state index is 0.0494. The number of amides is 2. The van der Waals surface area contributed by atoms with Gasteiger partial charge in [-0.3, -0.25) is 9.59 Å². The molecule has 0 N–H and O–H groups in total. The molecule has 1 saturated heterocycles. The van der Waals surface area contributed by atoms with Gasteiger partial charge in [0.15, 0.2) is 0 Å². The van der Waals surface area contributed by atoms with E-state index >= 15 is 0 Å². The summed E-state index contributed by atoms with van der Waals surface area (Å²) in [6, 6.07) is 15.2. The Morgan fingerprint density at radius 1 is 1.14 bits per heavy atom. The molecule has 0 radical (unpaired) electrons. The molecule has 0 aliphatic carbocycles. The lowest BCUT2D eigenvalue weighted by molar-refractivity contribution is -0.117. The molecule has 1 aliphatic heterocycles. The maximum absolute atomic E-state index is 12.9. The molecule has 0 atom stereocenters. The quantitative estimate of drug-likeness (QED) is 0.663. The first-order valence-electron chi connectivity index (χ1n) is 9.73. The molecule has 0 spiro atoms. The number of hydrogen-bond acceptors (Lipinski definition) is 3. The van der Waals surface area contributed by atoms with Gasteiger partial charge in [-0.15, -0.1) is 0 Å². The number of carbonyl (C=O) groups is 2. The van der Waals surface area contributed by atoms with E-state index in [1.54, 1.807) is 29.0 Å². The summed E-state index contributed by atoms with van der Waals surface area (Å²) in [5.74, 6) is 1.02. The number of furan rings is 1. The molecule has 5 heteroatoms. The maximum atomic E-state index is 12.9. The van der Waals surface area contributed by atoms with Crippen molar-refractivity contribution in [1.82, 2.24) is 4.90 Å². The van der Waals surface area contributed by atoms with E-state index in [9.17, 15) is 9.59 Å². The second-order valence-electron chi connectivity index (χ2n) is 7.21. The van der Waals surface area contributed by atoms with Crippen LogP contribution in [0.2, 0.25) is 0 Å². The molecule has 1 aromatic heterocycles. The Balaban J connectivity index is 1.53. The van der Waals surface area contributed by atoms with Crippen molar-refractivity contribution >= 4 is 28.5 Å². The van der Waals surface area contributed by atoms with Crippen molar-refractivity contribution in [2.24, 2.45) is 0 Å². The molecule has 28 heavy (non-hydrogen) atoms. The first-order valence-corrected chi connectivity index (χ1v) is 9.73. The largest absolute Gasteiger partial charge is 0.461 e. The van der Waals surface area contributed by atoms with E-state index in [-0.39, 0.29) is 11.8 Å². The summed E-state index contributed by atoms with van der Waals surface area (Å²) in [5, 5.41) is 1.06. The van der Waals surface area contributed by atoms with E-state index < -0.39 is 0 Å². The number of carbonyl (C=O) groups excluding carboxylic acids is 2. The van der Waals surface area contributed by atoms with E-state index in [0.29, 0.717) is 18.5 Å². The fourth-order valence-corrected chi connectivity index (χ4v) is 3.84. The van der Waals surface area contributed by atoms with Crippen LogP contribution in [0.1, 0.15) is 41.4 Å². The second kappa shape index (κ2) is 7.50. The van der Waals surface area contributed by atoms with Crippen molar-refractivity contribution in [2.45, 2.75) is 32.7 Å². The standard InChI is InChI=1S/C23H24N2O3/c1-3-20-19(18-7-4-5-8-21(18)28-20)15-24(2)23(27)16-10-12-17(13-11-16)25-14-6-9-22(25)26/h4-5,7-8,10-13H,3,6,9,14-15H2,1-2H3. The number of rotatable bonds is 5. The minimum Gasteiger partial charge on any atom is -0.461 e. The van der Waals surface area contributed by atoms with Crippen LogP contribution in [0.15, 0.2) is 52.9 Å². The van der Waals surface area contributed by atoms with E-state index in [1.807, 2.05) is 36.4 Å². The highest BCUT2D eigenvalue weighted by molar-refractivity contribution is 5.97. The molecule has 1 fully saturated rings. The number of nitrogens with zero attached hydrogens (tertiary/aromatic N) is 2. The SMILES string of the molecule is CCc1oc2ccccc2c1CN(C)C(=O)c1ccc(N2CCCC2=O)cc1. The van der Waals surface area contributed by atoms with Crippen LogP contribution >= 0.6 is 0 Å². The zero-order valence-corrected chi connectivity index (χ0v) is 16.3. The first kappa shape index (κ1) is 18.3. The molecule has 3 aromatic rings. The summed E-state index contributed by atoms with van der Waals surface area (Å²) in [7, 11) is 1.81. The molecular weight excluding hydrogens is 352 g/mol. The molecule has 0 unspecified atom stereocenters. The van der Waals surface area contributed by atoms with Gasteiger partial charge in [-0.25, -0.2) is 0 Å². The lowest BCUT2D eigenvalue weighted by Crippen LogP contribution is -2.27. The summed E-state index contributed by atoms with van der Waals surface area (Å²) < 4.78 is 5.94. The third-order valence-electron chi connectivity index (χ3n) is 5.34. The lowest BCUT2D eigenvalue weighted by atomic mass is 10.1. The van der Waals surface area contributed by atoms with Gasteiger partial charge in [-0.2, -0.15) is 0 Å². The highest BCUT2D eigenvalue weighted by Gasteiger charge is 2.22. The number of para-hydroxylation sites is 1. The van der Waals surface area contributed by atoms with Gasteiger partial charge >= 0.3 is 0 Å². The normalized spacial score (nSPS) is 14.1. The topological polar surface area (TPSA) is 53.8 Å². The van der Waals surface area contributed by atoms with Crippen LogP contribution in [0.4, 0.5) is 5.69 Å². The van der Waals surface area contributed by atoms with E-state index in [0.717, 1.165) is 47.4 Å². The minimum atomic E-state index is -0.0494. The fourth-order valence-electron chi connectivity index (χ4n) is 3.84. The lowest BCUT2D eigenvalue weighted by Gasteiger charge is -2.19. The average molecular weight is 376 g/mol. The van der Waals surface area contributed by atoms with Gasteiger partial charge in [0.05, 0.1) is 0 Å². The smallest absolute Gasteiger partial charge is 0.253 e. The fraction of sp³-hybridized carbons (Fsp3) is 0.304. The van der Waals surface area contributed by atoms with E-state index in [4.69, 9.17) is 4.42 Å². The van der Waals surface area contributed by atoms with Gasteiger partial charge in [0.2, 0.25) is 5.91 Å². The monoisotopic (exact) mass is 376 g/mol. The highest BCUT2D eigenvalue weighted by Crippen LogP contribution is 2.28. The number of benzene rings is 2. The molecule has 2 aromatic carbocycles. The van der Waals surface area contributed by atoms with Crippen molar-refractivity contribution in [2.75, 3.05) is 18.5 Å². The van der Waals surface area contributed by atoms with Gasteiger partial charge in [0.25, 0.3) is 5.91 Å². The van der Waals surface area contributed by atoms with Crippen LogP contribution in [0.3, 0.4) is 0 Å². The number of anilines is 1. The van der Waals surface area contributed by atoms with E-state index in [1.165, 1.54) is 0 Å². The Kier molecular flexibility index (Phi) is 4.90. The molecule has 5 nitrogen and oxygen atoms in total. The van der Waals surface area contributed by atoms with Gasteiger partial charge in [-0.1, -0.05) is 25.1 Å². The third-order valence-corrected chi connectivity index (χ3v) is 5.34. The summed E-state index contributed by atoms with van der Waals surface area (Å²) in [6.45, 7) is 3.30. The number of hydrogen-bond donors (Lipinski definition) is 0. The maximum Gasteiger partial charge on any atom is 0.253 e. The molecule has 0 saturated carbocycles. The Labute approximate surface area is 164 Å². The Morgan fingerprint density at radius 3 is 2.57 bits per heavy atom. The van der Waals surface area contributed by atoms with Crippen molar-refractivity contribution in [1.29, 1.82) is 0 Å². The van der Waals surface area contributed by atoms with Crippen molar-refractivity contribution in [3.8, 4) is 0 Å². The summed E-state index contributed by atoms with van der Waals surface area (Å²) in [4.78, 5) is 28.3. The van der Waals surface area contributed by atoms with Crippen molar-refractivity contribution in [3.63, 3.8) is 0 Å². The van der Waals surface area contributed by atoms with Gasteiger partial charge in [0, 0.05) is 55.2 Å². The first-order chi connectivity index (χ1) is 13.6. The average Bonchev–Trinajstić information content (AvgIpc) is 3.31. The predicted octanol–water partition coefficient (Wildman–Crippen LogP) is 4.39. The Morgan fingerprint density at radius 2 is 1.89 bits per heavy atom. The molecule has 4 rings (SSSR count).